The number of benzene rings is 1. The number of carbonyl (C=O) groups is 2. The van der Waals surface area contributed by atoms with Crippen molar-refractivity contribution in [1.29, 1.82) is 0 Å². The average Bonchev–Trinajstić information content (AvgIpc) is 2.61. The molecule has 0 saturated heterocycles. The van der Waals surface area contributed by atoms with Gasteiger partial charge in [0.05, 0.1) is 7.05 Å². The number of amides is 2. The summed E-state index contributed by atoms with van der Waals surface area (Å²) in [6.45, 7) is 9.73. The Bertz CT molecular complexity index is 547. The van der Waals surface area contributed by atoms with Gasteiger partial charge in [0.2, 0.25) is 0 Å². The molecule has 0 aliphatic carbocycles. The molecule has 2 N–H and O–H groups in total. The van der Waals surface area contributed by atoms with Crippen LogP contribution in [0, 0.1) is 0 Å². The van der Waals surface area contributed by atoms with Gasteiger partial charge < -0.3 is 15.1 Å². The Morgan fingerprint density at radius 1 is 1.08 bits per heavy atom. The molecule has 5 heteroatoms. The van der Waals surface area contributed by atoms with E-state index in [0.717, 1.165) is 29.8 Å². The van der Waals surface area contributed by atoms with Gasteiger partial charge in [-0.15, -0.1) is 0 Å². The minimum Gasteiger partial charge on any atom is -0.355 e. The molecule has 0 aromatic heterocycles. The summed E-state index contributed by atoms with van der Waals surface area (Å²) in [7, 11) is 3.66. The Kier molecular flexibility index (Phi) is 8.62. The molecule has 0 saturated carbocycles. The van der Waals surface area contributed by atoms with E-state index in [1.807, 2.05) is 36.2 Å². The lowest BCUT2D eigenvalue weighted by Gasteiger charge is -2.34. The Morgan fingerprint density at radius 2 is 1.60 bits per heavy atom. The number of nitrogens with zero attached hydrogens (tertiary/aromatic N) is 1. The third kappa shape index (κ3) is 6.16. The van der Waals surface area contributed by atoms with E-state index in [1.165, 1.54) is 0 Å². The predicted octanol–water partition coefficient (Wildman–Crippen LogP) is 1.49. The standard InChI is InChI=1S/C20H33N3O2/c1-7-15(3)23(16(4)8-2)19(24)14-22(6)13-17-9-11-18(12-10-17)20(25)21-5/h9-12,15-16H,7-8,13-14H2,1-6H3,(H,21,25)/p+1/t15-,16-/m1/s1. The molecule has 3 atom stereocenters. The minimum atomic E-state index is -0.0832. The van der Waals surface area contributed by atoms with Crippen molar-refractivity contribution in [3.8, 4) is 0 Å². The molecular weight excluding hydrogens is 314 g/mol. The van der Waals surface area contributed by atoms with Gasteiger partial charge in [-0.25, -0.2) is 0 Å². The Morgan fingerprint density at radius 3 is 2.04 bits per heavy atom. The highest BCUT2D eigenvalue weighted by Crippen LogP contribution is 2.11. The molecule has 0 aliphatic rings. The SMILES string of the molecule is CC[C@@H](C)N(C(=O)C[NH+](C)Cc1ccc(C(=O)NC)cc1)[C@H](C)CC. The van der Waals surface area contributed by atoms with Crippen molar-refractivity contribution in [2.45, 2.75) is 59.2 Å². The molecule has 1 aromatic carbocycles. The van der Waals surface area contributed by atoms with Crippen molar-refractivity contribution in [2.24, 2.45) is 0 Å². The molecule has 0 radical (unpaired) electrons. The first-order valence-corrected chi connectivity index (χ1v) is 9.27. The molecule has 140 valence electrons. The average molecular weight is 349 g/mol. The lowest BCUT2D eigenvalue weighted by Crippen LogP contribution is -3.09. The van der Waals surface area contributed by atoms with Crippen LogP contribution in [0.5, 0.6) is 0 Å². The van der Waals surface area contributed by atoms with Crippen molar-refractivity contribution in [2.75, 3.05) is 20.6 Å². The van der Waals surface area contributed by atoms with E-state index in [9.17, 15) is 9.59 Å². The zero-order chi connectivity index (χ0) is 19.0. The lowest BCUT2D eigenvalue weighted by molar-refractivity contribution is -0.885. The predicted molar refractivity (Wildman–Crippen MR) is 102 cm³/mol. The third-order valence-electron chi connectivity index (χ3n) is 4.82. The Labute approximate surface area is 152 Å². The van der Waals surface area contributed by atoms with Crippen LogP contribution in [0.3, 0.4) is 0 Å². The zero-order valence-corrected chi connectivity index (χ0v) is 16.6. The molecule has 0 spiro atoms. The molecule has 1 aromatic rings. The van der Waals surface area contributed by atoms with Crippen molar-refractivity contribution in [3.63, 3.8) is 0 Å². The van der Waals surface area contributed by atoms with E-state index in [1.54, 1.807) is 7.05 Å². The van der Waals surface area contributed by atoms with E-state index < -0.39 is 0 Å². The van der Waals surface area contributed by atoms with E-state index in [-0.39, 0.29) is 23.9 Å². The Hall–Kier alpha value is -1.88. The van der Waals surface area contributed by atoms with Gasteiger partial charge in [-0.1, -0.05) is 26.0 Å². The van der Waals surface area contributed by atoms with Gasteiger partial charge in [-0.3, -0.25) is 9.59 Å². The zero-order valence-electron chi connectivity index (χ0n) is 16.6. The van der Waals surface area contributed by atoms with Gasteiger partial charge in [-0.2, -0.15) is 0 Å². The number of hydrogen-bond acceptors (Lipinski definition) is 2. The fourth-order valence-electron chi connectivity index (χ4n) is 3.00. The summed E-state index contributed by atoms with van der Waals surface area (Å²) in [5, 5.41) is 2.62. The second kappa shape index (κ2) is 10.2. The summed E-state index contributed by atoms with van der Waals surface area (Å²) in [5.74, 6) is 0.128. The summed E-state index contributed by atoms with van der Waals surface area (Å²) in [6.07, 6.45) is 1.94. The molecule has 0 aliphatic heterocycles. The van der Waals surface area contributed by atoms with Crippen molar-refractivity contribution < 1.29 is 14.5 Å². The molecule has 1 unspecified atom stereocenters. The maximum Gasteiger partial charge on any atom is 0.278 e. The van der Waals surface area contributed by atoms with Crippen LogP contribution < -0.4 is 10.2 Å². The Balaban J connectivity index is 2.69. The highest BCUT2D eigenvalue weighted by Gasteiger charge is 2.25. The van der Waals surface area contributed by atoms with Crippen LogP contribution in [0.25, 0.3) is 0 Å². The third-order valence-corrected chi connectivity index (χ3v) is 4.82. The highest BCUT2D eigenvalue weighted by atomic mass is 16.2. The van der Waals surface area contributed by atoms with E-state index >= 15 is 0 Å². The van der Waals surface area contributed by atoms with Gasteiger partial charge in [0.15, 0.2) is 6.54 Å². The van der Waals surface area contributed by atoms with Crippen LogP contribution in [0.1, 0.15) is 56.5 Å². The normalized spacial score (nSPS) is 14.5. The smallest absolute Gasteiger partial charge is 0.278 e. The summed E-state index contributed by atoms with van der Waals surface area (Å²) >= 11 is 0. The summed E-state index contributed by atoms with van der Waals surface area (Å²) in [5.41, 5.74) is 1.77. The highest BCUT2D eigenvalue weighted by molar-refractivity contribution is 5.93. The van der Waals surface area contributed by atoms with Crippen LogP contribution in [0.4, 0.5) is 0 Å². The van der Waals surface area contributed by atoms with E-state index in [4.69, 9.17) is 0 Å². The minimum absolute atomic E-state index is 0.0832. The monoisotopic (exact) mass is 348 g/mol. The van der Waals surface area contributed by atoms with Crippen LogP contribution in [0.15, 0.2) is 24.3 Å². The van der Waals surface area contributed by atoms with Crippen molar-refractivity contribution >= 4 is 11.8 Å². The summed E-state index contributed by atoms with van der Waals surface area (Å²) in [4.78, 5) is 27.6. The lowest BCUT2D eigenvalue weighted by atomic mass is 10.1. The first-order chi connectivity index (χ1) is 11.8. The maximum atomic E-state index is 12.8. The topological polar surface area (TPSA) is 53.9 Å². The van der Waals surface area contributed by atoms with Gasteiger partial charge in [-0.05, 0) is 38.8 Å². The number of rotatable bonds is 9. The molecule has 0 bridgehead atoms. The van der Waals surface area contributed by atoms with Crippen LogP contribution >= 0.6 is 0 Å². The fourth-order valence-corrected chi connectivity index (χ4v) is 3.00. The van der Waals surface area contributed by atoms with Crippen molar-refractivity contribution in [1.82, 2.24) is 10.2 Å². The van der Waals surface area contributed by atoms with Gasteiger partial charge >= 0.3 is 0 Å². The van der Waals surface area contributed by atoms with Crippen LogP contribution in [-0.4, -0.2) is 49.4 Å². The van der Waals surface area contributed by atoms with Gasteiger partial charge in [0, 0.05) is 30.3 Å². The van der Waals surface area contributed by atoms with Crippen LogP contribution in [-0.2, 0) is 11.3 Å². The molecule has 25 heavy (non-hydrogen) atoms. The number of carbonyl (C=O) groups excluding carboxylic acids is 2. The molecule has 0 fully saturated rings. The first kappa shape index (κ1) is 21.2. The summed E-state index contributed by atoms with van der Waals surface area (Å²) < 4.78 is 0. The van der Waals surface area contributed by atoms with E-state index in [2.05, 4.69) is 33.0 Å². The fraction of sp³-hybridized carbons (Fsp3) is 0.600. The van der Waals surface area contributed by atoms with E-state index in [0.29, 0.717) is 12.1 Å². The van der Waals surface area contributed by atoms with Crippen molar-refractivity contribution in [3.05, 3.63) is 35.4 Å². The molecular formula is C20H34N3O2+. The molecule has 2 amide bonds. The molecule has 5 nitrogen and oxygen atoms in total. The van der Waals surface area contributed by atoms with Gasteiger partial charge in [0.25, 0.3) is 11.8 Å². The first-order valence-electron chi connectivity index (χ1n) is 9.27. The number of hydrogen-bond donors (Lipinski definition) is 2. The largest absolute Gasteiger partial charge is 0.355 e. The number of quaternary nitrogens is 1. The second-order valence-electron chi connectivity index (χ2n) is 6.90. The quantitative estimate of drug-likeness (QED) is 0.710. The number of nitrogens with one attached hydrogen (secondary N) is 2. The second-order valence-corrected chi connectivity index (χ2v) is 6.90. The van der Waals surface area contributed by atoms with Gasteiger partial charge in [0.1, 0.15) is 6.54 Å². The maximum absolute atomic E-state index is 12.8. The molecule has 0 heterocycles. The number of likely N-dealkylation sites (N-methyl/N-ethyl adjacent to an activating group) is 1. The molecule has 1 rings (SSSR count). The summed E-state index contributed by atoms with van der Waals surface area (Å²) in [6, 6.07) is 8.10. The van der Waals surface area contributed by atoms with Crippen LogP contribution in [0.2, 0.25) is 0 Å².